The Morgan fingerprint density at radius 2 is 1.86 bits per heavy atom. The van der Waals surface area contributed by atoms with Gasteiger partial charge in [0.2, 0.25) is 0 Å². The van der Waals surface area contributed by atoms with Gasteiger partial charge in [-0.1, -0.05) is 0 Å². The Morgan fingerprint density at radius 1 is 1.43 bits per heavy atom. The van der Waals surface area contributed by atoms with Crippen LogP contribution in [0.2, 0.25) is 0 Å². The highest BCUT2D eigenvalue weighted by atomic mass is 31.2. The number of hydrogen-bond donors (Lipinski definition) is 0. The molecule has 1 rings (SSSR count). The quantitative estimate of drug-likeness (QED) is 0.426. The second-order valence-electron chi connectivity index (χ2n) is 3.14. The Labute approximate surface area is 46.6 Å². The summed E-state index contributed by atoms with van der Waals surface area (Å²) in [5, 5.41) is 0. The summed E-state index contributed by atoms with van der Waals surface area (Å²) in [5.41, 5.74) is 1.09. The van der Waals surface area contributed by atoms with Crippen LogP contribution in [0.4, 0.5) is 0 Å². The van der Waals surface area contributed by atoms with Crippen LogP contribution in [0, 0.1) is 0 Å². The van der Waals surface area contributed by atoms with Gasteiger partial charge in [0.1, 0.15) is 0 Å². The molecular formula is C6H14P+. The Morgan fingerprint density at radius 3 is 1.86 bits per heavy atom. The van der Waals surface area contributed by atoms with Crippen LogP contribution in [0.3, 0.4) is 0 Å². The molecule has 0 amide bonds. The molecule has 0 aromatic heterocycles. The van der Waals surface area contributed by atoms with Gasteiger partial charge in [0, 0.05) is 27.0 Å². The fourth-order valence-electron chi connectivity index (χ4n) is 0.904. The third-order valence-electron chi connectivity index (χ3n) is 2.32. The van der Waals surface area contributed by atoms with Crippen molar-refractivity contribution >= 4 is 7.26 Å². The van der Waals surface area contributed by atoms with Gasteiger partial charge in [0.05, 0.1) is 11.8 Å². The Hall–Kier alpha value is 0.430. The first-order chi connectivity index (χ1) is 3.13. The second-order valence-corrected chi connectivity index (χ2v) is 8.03. The minimum atomic E-state index is -0.307. The topological polar surface area (TPSA) is 0 Å². The zero-order chi connectivity index (χ0) is 5.49. The van der Waals surface area contributed by atoms with Crippen molar-refractivity contribution in [2.45, 2.75) is 19.0 Å². The maximum Gasteiger partial charge on any atom is 0.0698 e. The molecule has 42 valence electrons. The van der Waals surface area contributed by atoms with Gasteiger partial charge in [-0.3, -0.25) is 0 Å². The molecule has 0 aliphatic carbocycles. The van der Waals surface area contributed by atoms with E-state index < -0.39 is 0 Å². The molecule has 0 saturated carbocycles. The molecule has 7 heavy (non-hydrogen) atoms. The highest BCUT2D eigenvalue weighted by molar-refractivity contribution is 7.76. The predicted octanol–water partition coefficient (Wildman–Crippen LogP) is 2.06. The first kappa shape index (κ1) is 5.56. The van der Waals surface area contributed by atoms with Crippen molar-refractivity contribution < 1.29 is 0 Å². The second kappa shape index (κ2) is 1.45. The first-order valence-electron chi connectivity index (χ1n) is 2.95. The minimum Gasteiger partial charge on any atom is -0.0281 e. The lowest BCUT2D eigenvalue weighted by atomic mass is 10.3. The van der Waals surface area contributed by atoms with Crippen molar-refractivity contribution in [1.82, 2.24) is 0 Å². The van der Waals surface area contributed by atoms with E-state index in [9.17, 15) is 0 Å². The summed E-state index contributed by atoms with van der Waals surface area (Å²) in [5.74, 6) is 0. The predicted molar refractivity (Wildman–Crippen MR) is 37.7 cm³/mol. The van der Waals surface area contributed by atoms with E-state index in [0.717, 1.165) is 5.66 Å². The fraction of sp³-hybridized carbons (Fsp3) is 1.00. The molecule has 0 spiro atoms. The highest BCUT2D eigenvalue weighted by Gasteiger charge is 2.42. The molecule has 1 heteroatoms. The summed E-state index contributed by atoms with van der Waals surface area (Å²) in [4.78, 5) is 0. The lowest BCUT2D eigenvalue weighted by Crippen LogP contribution is -2.23. The van der Waals surface area contributed by atoms with Crippen molar-refractivity contribution in [3.63, 3.8) is 0 Å². The molecule has 1 aliphatic rings. The smallest absolute Gasteiger partial charge is 0.0281 e. The normalized spacial score (nSPS) is 37.3. The maximum atomic E-state index is 2.46. The first-order valence-corrected chi connectivity index (χ1v) is 5.89. The van der Waals surface area contributed by atoms with Crippen molar-refractivity contribution in [2.24, 2.45) is 0 Å². The van der Waals surface area contributed by atoms with E-state index >= 15 is 0 Å². The van der Waals surface area contributed by atoms with E-state index in [0.29, 0.717) is 0 Å². The van der Waals surface area contributed by atoms with Crippen LogP contribution in [0.25, 0.3) is 0 Å². The van der Waals surface area contributed by atoms with Gasteiger partial charge in [-0.15, -0.1) is 0 Å². The molecule has 1 atom stereocenters. The summed E-state index contributed by atoms with van der Waals surface area (Å²) >= 11 is 0. The van der Waals surface area contributed by atoms with Gasteiger partial charge >= 0.3 is 0 Å². The molecule has 0 N–H and O–H groups in total. The Balaban J connectivity index is 2.43. The Kier molecular flexibility index (Phi) is 1.15. The molecule has 1 unspecified atom stereocenters. The molecule has 0 aromatic rings. The van der Waals surface area contributed by atoms with Crippen molar-refractivity contribution in [3.8, 4) is 0 Å². The zero-order valence-electron chi connectivity index (χ0n) is 5.44. The van der Waals surface area contributed by atoms with E-state index in [1.54, 1.807) is 6.16 Å². The van der Waals surface area contributed by atoms with Crippen molar-refractivity contribution in [3.05, 3.63) is 0 Å². The van der Waals surface area contributed by atoms with E-state index in [1.807, 2.05) is 0 Å². The largest absolute Gasteiger partial charge is 0.0698 e. The van der Waals surface area contributed by atoms with Crippen LogP contribution in [-0.2, 0) is 0 Å². The summed E-state index contributed by atoms with van der Waals surface area (Å²) in [6.07, 6.45) is 3.05. The van der Waals surface area contributed by atoms with E-state index in [4.69, 9.17) is 0 Å². The molecule has 1 fully saturated rings. The van der Waals surface area contributed by atoms with Crippen LogP contribution >= 0.6 is 7.26 Å². The van der Waals surface area contributed by atoms with Crippen molar-refractivity contribution in [2.75, 3.05) is 19.5 Å². The molecular weight excluding hydrogens is 103 g/mol. The molecule has 0 bridgehead atoms. The third-order valence-corrected chi connectivity index (χ3v) is 6.37. The van der Waals surface area contributed by atoms with Gasteiger partial charge in [-0.05, 0) is 6.92 Å². The maximum absolute atomic E-state index is 2.46. The Bertz CT molecular complexity index is 76.2. The monoisotopic (exact) mass is 117 g/mol. The molecule has 0 aromatic carbocycles. The average Bonchev–Trinajstić information content (AvgIpc) is 1.63. The SMILES string of the molecule is CC1CC[P+]1(C)C. The van der Waals surface area contributed by atoms with Gasteiger partial charge in [-0.2, -0.15) is 0 Å². The van der Waals surface area contributed by atoms with Crippen LogP contribution in [-0.4, -0.2) is 25.2 Å². The highest BCUT2D eigenvalue weighted by Crippen LogP contribution is 2.65. The number of hydrogen-bond acceptors (Lipinski definition) is 0. The van der Waals surface area contributed by atoms with Crippen LogP contribution in [0.15, 0.2) is 0 Å². The van der Waals surface area contributed by atoms with Gasteiger partial charge in [0.25, 0.3) is 0 Å². The number of rotatable bonds is 0. The van der Waals surface area contributed by atoms with Crippen LogP contribution in [0.1, 0.15) is 13.3 Å². The summed E-state index contributed by atoms with van der Waals surface area (Å²) in [6, 6.07) is 0. The van der Waals surface area contributed by atoms with Crippen LogP contribution < -0.4 is 0 Å². The van der Waals surface area contributed by atoms with Gasteiger partial charge < -0.3 is 0 Å². The lowest BCUT2D eigenvalue weighted by Gasteiger charge is -2.34. The molecule has 0 radical (unpaired) electrons. The molecule has 1 heterocycles. The van der Waals surface area contributed by atoms with Gasteiger partial charge in [0.15, 0.2) is 0 Å². The summed E-state index contributed by atoms with van der Waals surface area (Å²) in [7, 11) is -0.307. The third kappa shape index (κ3) is 0.817. The molecule has 1 aliphatic heterocycles. The lowest BCUT2D eigenvalue weighted by molar-refractivity contribution is 0.813. The minimum absolute atomic E-state index is 0.307. The van der Waals surface area contributed by atoms with E-state index in [-0.39, 0.29) is 7.26 Å². The zero-order valence-corrected chi connectivity index (χ0v) is 6.33. The van der Waals surface area contributed by atoms with Gasteiger partial charge in [-0.25, -0.2) is 0 Å². The molecule has 0 nitrogen and oxygen atoms in total. The van der Waals surface area contributed by atoms with Crippen LogP contribution in [0.5, 0.6) is 0 Å². The molecule has 1 saturated heterocycles. The summed E-state index contributed by atoms with van der Waals surface area (Å²) < 4.78 is 0. The average molecular weight is 117 g/mol. The fourth-order valence-corrected chi connectivity index (χ4v) is 2.71. The van der Waals surface area contributed by atoms with E-state index in [2.05, 4.69) is 20.3 Å². The summed E-state index contributed by atoms with van der Waals surface area (Å²) in [6.45, 7) is 7.31. The van der Waals surface area contributed by atoms with E-state index in [1.165, 1.54) is 6.42 Å². The standard InChI is InChI=1S/C6H14P/c1-6-4-5-7(6,2)3/h6H,4-5H2,1-3H3/q+1. The van der Waals surface area contributed by atoms with Crippen molar-refractivity contribution in [1.29, 1.82) is 0 Å².